The molecule has 0 radical (unpaired) electrons. The largest absolute Gasteiger partial charge is 0.216 e. The van der Waals surface area contributed by atoms with E-state index in [9.17, 15) is 0 Å². The first-order chi connectivity index (χ1) is 7.67. The molecule has 5 heteroatoms. The fraction of sp³-hybridized carbons (Fsp3) is 0.455. The highest BCUT2D eigenvalue weighted by atomic mass is 35.5. The minimum atomic E-state index is 0.475. The summed E-state index contributed by atoms with van der Waals surface area (Å²) in [5.74, 6) is 0. The minimum absolute atomic E-state index is 0.475. The third kappa shape index (κ3) is 1.89. The van der Waals surface area contributed by atoms with Gasteiger partial charge in [0.1, 0.15) is 10.3 Å². The number of aryl methyl sites for hydroxylation is 1. The average Bonchev–Trinajstić information content (AvgIpc) is 2.62. The number of aromatic nitrogens is 3. The maximum atomic E-state index is 6.24. The highest BCUT2D eigenvalue weighted by Crippen LogP contribution is 2.25. The summed E-state index contributed by atoms with van der Waals surface area (Å²) in [6, 6.07) is 1.93. The topological polar surface area (TPSA) is 30.2 Å². The lowest BCUT2D eigenvalue weighted by Gasteiger charge is -2.04. The van der Waals surface area contributed by atoms with E-state index in [1.165, 1.54) is 0 Å². The molecule has 0 saturated carbocycles. The third-order valence-electron chi connectivity index (χ3n) is 2.50. The van der Waals surface area contributed by atoms with Crippen LogP contribution in [-0.2, 0) is 12.8 Å². The Hall–Kier alpha value is -0.800. The fourth-order valence-electron chi connectivity index (χ4n) is 1.69. The van der Waals surface area contributed by atoms with Crippen LogP contribution in [-0.4, -0.2) is 14.6 Å². The van der Waals surface area contributed by atoms with Gasteiger partial charge in [-0.25, -0.2) is 9.50 Å². The van der Waals surface area contributed by atoms with Crippen molar-refractivity contribution in [1.29, 1.82) is 0 Å². The molecule has 2 rings (SSSR count). The summed E-state index contributed by atoms with van der Waals surface area (Å²) in [6.07, 6.45) is 2.73. The van der Waals surface area contributed by atoms with Crippen LogP contribution in [0.25, 0.3) is 5.65 Å². The highest BCUT2D eigenvalue weighted by Gasteiger charge is 2.12. The molecule has 0 aliphatic rings. The van der Waals surface area contributed by atoms with Gasteiger partial charge in [0, 0.05) is 11.6 Å². The molecule has 0 unspecified atom stereocenters. The number of fused-ring (bicyclic) bond motifs is 1. The lowest BCUT2D eigenvalue weighted by Crippen LogP contribution is -1.99. The molecular formula is C11H13Cl2N3. The Morgan fingerprint density at radius 2 is 2.06 bits per heavy atom. The lowest BCUT2D eigenvalue weighted by molar-refractivity contribution is 0.827. The Labute approximate surface area is 104 Å². The summed E-state index contributed by atoms with van der Waals surface area (Å²) in [5.41, 5.74) is 2.57. The quantitative estimate of drug-likeness (QED) is 0.788. The van der Waals surface area contributed by atoms with Gasteiger partial charge in [-0.2, -0.15) is 5.10 Å². The van der Waals surface area contributed by atoms with Crippen molar-refractivity contribution in [1.82, 2.24) is 14.6 Å². The molecule has 2 aromatic heterocycles. The molecule has 0 aliphatic carbocycles. The summed E-state index contributed by atoms with van der Waals surface area (Å²) in [6.45, 7) is 4.11. The first kappa shape index (κ1) is 11.7. The van der Waals surface area contributed by atoms with Gasteiger partial charge in [0.25, 0.3) is 0 Å². The standard InChI is InChI=1S/C11H13Cl2N3/c1-3-5-7-6-9-14-10(12)8(4-2)11(13)16(9)15-7/h6H,3-5H2,1-2H3. The second-order valence-electron chi connectivity index (χ2n) is 3.68. The van der Waals surface area contributed by atoms with Gasteiger partial charge in [-0.05, 0) is 12.8 Å². The predicted octanol–water partition coefficient (Wildman–Crippen LogP) is 3.55. The molecular weight excluding hydrogens is 245 g/mol. The first-order valence-corrected chi connectivity index (χ1v) is 6.15. The zero-order valence-corrected chi connectivity index (χ0v) is 10.8. The van der Waals surface area contributed by atoms with E-state index in [1.54, 1.807) is 4.52 Å². The SMILES string of the molecule is CCCc1cc2nc(Cl)c(CC)c(Cl)n2n1. The molecule has 2 aromatic rings. The van der Waals surface area contributed by atoms with Crippen LogP contribution in [0.1, 0.15) is 31.5 Å². The number of hydrogen-bond donors (Lipinski definition) is 0. The van der Waals surface area contributed by atoms with Crippen molar-refractivity contribution in [2.24, 2.45) is 0 Å². The first-order valence-electron chi connectivity index (χ1n) is 5.39. The van der Waals surface area contributed by atoms with Gasteiger partial charge in [-0.3, -0.25) is 0 Å². The highest BCUT2D eigenvalue weighted by molar-refractivity contribution is 6.34. The normalized spacial score (nSPS) is 11.2. The maximum absolute atomic E-state index is 6.24. The van der Waals surface area contributed by atoms with E-state index < -0.39 is 0 Å². The molecule has 86 valence electrons. The van der Waals surface area contributed by atoms with Crippen LogP contribution in [0.3, 0.4) is 0 Å². The Balaban J connectivity index is 2.63. The molecule has 0 saturated heterocycles. The van der Waals surface area contributed by atoms with Crippen LogP contribution >= 0.6 is 23.2 Å². The average molecular weight is 258 g/mol. The molecule has 0 aromatic carbocycles. The van der Waals surface area contributed by atoms with Crippen LogP contribution < -0.4 is 0 Å². The number of nitrogens with zero attached hydrogens (tertiary/aromatic N) is 3. The van der Waals surface area contributed by atoms with Crippen LogP contribution in [0.15, 0.2) is 6.07 Å². The Morgan fingerprint density at radius 1 is 1.31 bits per heavy atom. The van der Waals surface area contributed by atoms with Crippen molar-refractivity contribution in [3.63, 3.8) is 0 Å². The second-order valence-corrected chi connectivity index (χ2v) is 4.40. The molecule has 0 bridgehead atoms. The molecule has 0 spiro atoms. The third-order valence-corrected chi connectivity index (χ3v) is 3.20. The van der Waals surface area contributed by atoms with Gasteiger partial charge in [0.15, 0.2) is 5.65 Å². The van der Waals surface area contributed by atoms with Crippen molar-refractivity contribution in [2.75, 3.05) is 0 Å². The van der Waals surface area contributed by atoms with E-state index in [-0.39, 0.29) is 0 Å². The van der Waals surface area contributed by atoms with Crippen LogP contribution in [0.2, 0.25) is 10.3 Å². The van der Waals surface area contributed by atoms with E-state index in [0.29, 0.717) is 10.3 Å². The van der Waals surface area contributed by atoms with E-state index in [1.807, 2.05) is 13.0 Å². The Kier molecular flexibility index (Phi) is 3.36. The van der Waals surface area contributed by atoms with Gasteiger partial charge < -0.3 is 0 Å². The summed E-state index contributed by atoms with van der Waals surface area (Å²) >= 11 is 12.3. The molecule has 2 heterocycles. The maximum Gasteiger partial charge on any atom is 0.158 e. The molecule has 0 N–H and O–H groups in total. The van der Waals surface area contributed by atoms with Crippen molar-refractivity contribution >= 4 is 28.8 Å². The Morgan fingerprint density at radius 3 is 2.69 bits per heavy atom. The summed E-state index contributed by atoms with van der Waals surface area (Å²) in [5, 5.41) is 5.46. The van der Waals surface area contributed by atoms with Crippen molar-refractivity contribution in [2.45, 2.75) is 33.1 Å². The van der Waals surface area contributed by atoms with Gasteiger partial charge in [0.2, 0.25) is 0 Å². The smallest absolute Gasteiger partial charge is 0.158 e. The summed E-state index contributed by atoms with van der Waals surface area (Å²) < 4.78 is 1.66. The molecule has 0 fully saturated rings. The molecule has 0 atom stereocenters. The van der Waals surface area contributed by atoms with Crippen molar-refractivity contribution in [3.05, 3.63) is 27.6 Å². The Bertz CT molecular complexity index is 519. The van der Waals surface area contributed by atoms with Gasteiger partial charge in [0.05, 0.1) is 5.69 Å². The summed E-state index contributed by atoms with van der Waals surface area (Å²) in [7, 11) is 0. The fourth-order valence-corrected chi connectivity index (χ4v) is 2.40. The van der Waals surface area contributed by atoms with Crippen molar-refractivity contribution < 1.29 is 0 Å². The van der Waals surface area contributed by atoms with E-state index in [4.69, 9.17) is 23.2 Å². The predicted molar refractivity (Wildman–Crippen MR) is 66.4 cm³/mol. The van der Waals surface area contributed by atoms with Crippen LogP contribution in [0, 0.1) is 0 Å². The second kappa shape index (κ2) is 4.60. The number of hydrogen-bond acceptors (Lipinski definition) is 2. The van der Waals surface area contributed by atoms with Crippen LogP contribution in [0.4, 0.5) is 0 Å². The zero-order chi connectivity index (χ0) is 11.7. The van der Waals surface area contributed by atoms with E-state index >= 15 is 0 Å². The van der Waals surface area contributed by atoms with Crippen molar-refractivity contribution in [3.8, 4) is 0 Å². The lowest BCUT2D eigenvalue weighted by atomic mass is 10.2. The minimum Gasteiger partial charge on any atom is -0.216 e. The molecule has 0 aliphatic heterocycles. The van der Waals surface area contributed by atoms with Gasteiger partial charge >= 0.3 is 0 Å². The van der Waals surface area contributed by atoms with E-state index in [0.717, 1.165) is 36.2 Å². The zero-order valence-electron chi connectivity index (χ0n) is 9.30. The number of rotatable bonds is 3. The molecule has 3 nitrogen and oxygen atoms in total. The molecule has 16 heavy (non-hydrogen) atoms. The van der Waals surface area contributed by atoms with Gasteiger partial charge in [-0.1, -0.05) is 43.5 Å². The van der Waals surface area contributed by atoms with Crippen LogP contribution in [0.5, 0.6) is 0 Å². The molecule has 0 amide bonds. The summed E-state index contributed by atoms with van der Waals surface area (Å²) in [4.78, 5) is 4.29. The monoisotopic (exact) mass is 257 g/mol. The number of halogens is 2. The van der Waals surface area contributed by atoms with E-state index in [2.05, 4.69) is 17.0 Å². The van der Waals surface area contributed by atoms with Gasteiger partial charge in [-0.15, -0.1) is 0 Å².